The minimum atomic E-state index is -0.217. The Kier molecular flexibility index (Phi) is 7.10. The van der Waals surface area contributed by atoms with Gasteiger partial charge in [-0.25, -0.2) is 9.97 Å². The Morgan fingerprint density at radius 3 is 2.66 bits per heavy atom. The normalized spacial score (nSPS) is 10.4. The highest BCUT2D eigenvalue weighted by Gasteiger charge is 2.11. The van der Waals surface area contributed by atoms with Crippen molar-refractivity contribution in [3.63, 3.8) is 0 Å². The van der Waals surface area contributed by atoms with Crippen LogP contribution in [0.1, 0.15) is 21.6 Å². The van der Waals surface area contributed by atoms with Crippen LogP contribution in [-0.4, -0.2) is 48.1 Å². The average Bonchev–Trinajstić information content (AvgIpc) is 2.78. The lowest BCUT2D eigenvalue weighted by Gasteiger charge is -2.17. The summed E-state index contributed by atoms with van der Waals surface area (Å²) in [6.07, 6.45) is 6.70. The molecule has 0 aliphatic rings. The summed E-state index contributed by atoms with van der Waals surface area (Å²) in [5.74, 6) is 1.13. The maximum Gasteiger partial charge on any atom is 0.270 e. The van der Waals surface area contributed by atoms with E-state index in [1.165, 1.54) is 5.56 Å². The minimum absolute atomic E-state index is 0.217. The molecule has 2 heterocycles. The quantitative estimate of drug-likeness (QED) is 0.604. The second-order valence-corrected chi connectivity index (χ2v) is 6.59. The van der Waals surface area contributed by atoms with E-state index in [2.05, 4.69) is 20.3 Å². The van der Waals surface area contributed by atoms with Crippen molar-refractivity contribution >= 4 is 11.9 Å². The van der Waals surface area contributed by atoms with Gasteiger partial charge >= 0.3 is 0 Å². The van der Waals surface area contributed by atoms with Gasteiger partial charge in [-0.2, -0.15) is 0 Å². The van der Waals surface area contributed by atoms with E-state index in [-0.39, 0.29) is 5.91 Å². The van der Waals surface area contributed by atoms with Gasteiger partial charge in [0.1, 0.15) is 11.4 Å². The van der Waals surface area contributed by atoms with E-state index in [1.54, 1.807) is 31.8 Å². The van der Waals surface area contributed by atoms with Crippen molar-refractivity contribution in [2.24, 2.45) is 0 Å². The second-order valence-electron chi connectivity index (χ2n) is 6.59. The zero-order valence-corrected chi connectivity index (χ0v) is 16.7. The topological polar surface area (TPSA) is 80.2 Å². The van der Waals surface area contributed by atoms with Crippen LogP contribution in [0.2, 0.25) is 0 Å². The van der Waals surface area contributed by atoms with Crippen LogP contribution in [0.25, 0.3) is 0 Å². The van der Waals surface area contributed by atoms with Crippen LogP contribution in [0.5, 0.6) is 5.75 Å². The fraction of sp³-hybridized carbons (Fsp3) is 0.273. The number of hydrogen-bond donors (Lipinski definition) is 1. The Morgan fingerprint density at radius 2 is 1.86 bits per heavy atom. The number of hydrogen-bond acceptors (Lipinski definition) is 6. The third-order valence-electron chi connectivity index (χ3n) is 4.57. The van der Waals surface area contributed by atoms with Crippen molar-refractivity contribution < 1.29 is 9.53 Å². The van der Waals surface area contributed by atoms with Gasteiger partial charge in [-0.05, 0) is 48.2 Å². The third kappa shape index (κ3) is 5.75. The third-order valence-corrected chi connectivity index (χ3v) is 4.57. The molecule has 0 saturated carbocycles. The number of aromatic nitrogens is 3. The predicted octanol–water partition coefficient (Wildman–Crippen LogP) is 2.53. The molecule has 0 aliphatic heterocycles. The molecule has 7 heteroatoms. The van der Waals surface area contributed by atoms with E-state index in [0.717, 1.165) is 24.3 Å². The summed E-state index contributed by atoms with van der Waals surface area (Å²) >= 11 is 0. The molecule has 0 atom stereocenters. The lowest BCUT2D eigenvalue weighted by Crippen LogP contribution is -2.28. The first-order valence-electron chi connectivity index (χ1n) is 9.50. The molecule has 29 heavy (non-hydrogen) atoms. The highest BCUT2D eigenvalue weighted by atomic mass is 16.5. The molecular formula is C22H25N5O2. The number of nitrogens with one attached hydrogen (secondary N) is 1. The Bertz CT molecular complexity index is 933. The maximum absolute atomic E-state index is 12.5. The molecule has 150 valence electrons. The van der Waals surface area contributed by atoms with Crippen LogP contribution in [0.4, 0.5) is 5.95 Å². The maximum atomic E-state index is 12.5. The van der Waals surface area contributed by atoms with Gasteiger partial charge in [0.25, 0.3) is 5.91 Å². The number of carbonyl (C=O) groups is 1. The number of anilines is 1. The molecule has 0 radical (unpaired) electrons. The van der Waals surface area contributed by atoms with Crippen molar-refractivity contribution in [1.29, 1.82) is 0 Å². The lowest BCUT2D eigenvalue weighted by molar-refractivity contribution is 0.0949. The fourth-order valence-electron chi connectivity index (χ4n) is 2.92. The molecule has 0 saturated heterocycles. The Hall–Kier alpha value is -3.48. The van der Waals surface area contributed by atoms with E-state index in [1.807, 2.05) is 48.3 Å². The number of nitrogens with zero attached hydrogens (tertiary/aromatic N) is 4. The van der Waals surface area contributed by atoms with Crippen LogP contribution >= 0.6 is 0 Å². The van der Waals surface area contributed by atoms with E-state index >= 15 is 0 Å². The molecule has 3 rings (SSSR count). The smallest absolute Gasteiger partial charge is 0.270 e. The second kappa shape index (κ2) is 10.2. The number of methoxy groups -OCH3 is 1. The fourth-order valence-corrected chi connectivity index (χ4v) is 2.92. The number of pyridine rings is 1. The predicted molar refractivity (Wildman–Crippen MR) is 112 cm³/mol. The van der Waals surface area contributed by atoms with E-state index < -0.39 is 0 Å². The summed E-state index contributed by atoms with van der Waals surface area (Å²) in [5, 5.41) is 2.91. The van der Waals surface area contributed by atoms with Crippen LogP contribution in [-0.2, 0) is 12.8 Å². The van der Waals surface area contributed by atoms with E-state index in [4.69, 9.17) is 4.74 Å². The first-order chi connectivity index (χ1) is 14.2. The number of rotatable bonds is 9. The summed E-state index contributed by atoms with van der Waals surface area (Å²) in [6, 6.07) is 13.4. The Morgan fingerprint density at radius 1 is 1.07 bits per heavy atom. The molecule has 1 aromatic carbocycles. The first kappa shape index (κ1) is 20.3. The largest absolute Gasteiger partial charge is 0.496 e. The Labute approximate surface area is 170 Å². The molecule has 0 bridgehead atoms. The molecule has 0 spiro atoms. The van der Waals surface area contributed by atoms with Crippen molar-refractivity contribution in [2.45, 2.75) is 12.8 Å². The lowest BCUT2D eigenvalue weighted by atomic mass is 10.1. The Balaban J connectivity index is 1.54. The van der Waals surface area contributed by atoms with Crippen molar-refractivity contribution in [2.75, 3.05) is 32.1 Å². The summed E-state index contributed by atoms with van der Waals surface area (Å²) in [5.41, 5.74) is 2.59. The minimum Gasteiger partial charge on any atom is -0.496 e. The molecule has 0 fully saturated rings. The number of carbonyl (C=O) groups excluding carboxylic acids is 1. The van der Waals surface area contributed by atoms with Crippen LogP contribution < -0.4 is 15.0 Å². The summed E-state index contributed by atoms with van der Waals surface area (Å²) in [6.45, 7) is 1.24. The number of ether oxygens (including phenoxy) is 1. The zero-order valence-electron chi connectivity index (χ0n) is 16.7. The molecule has 3 aromatic rings. The first-order valence-corrected chi connectivity index (χ1v) is 9.50. The average molecular weight is 391 g/mol. The van der Waals surface area contributed by atoms with E-state index in [9.17, 15) is 4.79 Å². The molecule has 7 nitrogen and oxygen atoms in total. The summed E-state index contributed by atoms with van der Waals surface area (Å²) in [4.78, 5) is 27.1. The van der Waals surface area contributed by atoms with Crippen LogP contribution in [0.15, 0.2) is 61.1 Å². The number of benzene rings is 1. The van der Waals surface area contributed by atoms with Crippen molar-refractivity contribution in [3.05, 3.63) is 77.9 Å². The molecule has 0 unspecified atom stereocenters. The van der Waals surface area contributed by atoms with Crippen LogP contribution in [0.3, 0.4) is 0 Å². The number of para-hydroxylation sites is 1. The van der Waals surface area contributed by atoms with Gasteiger partial charge in [-0.15, -0.1) is 0 Å². The standard InChI is InChI=1S/C22H25N5O2/c1-27(16-11-17-7-12-23-13-8-17)22-25-15-10-19(26-22)21(28)24-14-9-18-5-3-4-6-20(18)29-2/h3-8,10,12-13,15H,9,11,14,16H2,1-2H3,(H,24,28). The SMILES string of the molecule is COc1ccccc1CCNC(=O)c1ccnc(N(C)CCc2ccncc2)n1. The highest BCUT2D eigenvalue weighted by Crippen LogP contribution is 2.17. The number of likely N-dealkylation sites (N-methyl/N-ethyl adjacent to an activating group) is 1. The number of amides is 1. The molecule has 1 amide bonds. The molecular weight excluding hydrogens is 366 g/mol. The molecule has 2 aromatic heterocycles. The molecule has 1 N–H and O–H groups in total. The van der Waals surface area contributed by atoms with Gasteiger partial charge in [0.15, 0.2) is 0 Å². The van der Waals surface area contributed by atoms with Crippen molar-refractivity contribution in [1.82, 2.24) is 20.3 Å². The summed E-state index contributed by atoms with van der Waals surface area (Å²) in [7, 11) is 3.56. The van der Waals surface area contributed by atoms with Gasteiger partial charge in [0.05, 0.1) is 7.11 Å². The van der Waals surface area contributed by atoms with Gasteiger partial charge in [0, 0.05) is 38.7 Å². The van der Waals surface area contributed by atoms with Gasteiger partial charge in [-0.3, -0.25) is 9.78 Å². The van der Waals surface area contributed by atoms with Crippen molar-refractivity contribution in [3.8, 4) is 5.75 Å². The highest BCUT2D eigenvalue weighted by molar-refractivity contribution is 5.92. The van der Waals surface area contributed by atoms with E-state index in [0.29, 0.717) is 24.6 Å². The zero-order chi connectivity index (χ0) is 20.5. The van der Waals surface area contributed by atoms with Gasteiger partial charge in [0.2, 0.25) is 5.95 Å². The van der Waals surface area contributed by atoms with Crippen LogP contribution in [0, 0.1) is 0 Å². The van der Waals surface area contributed by atoms with Gasteiger partial charge in [-0.1, -0.05) is 18.2 Å². The monoisotopic (exact) mass is 391 g/mol. The molecule has 0 aliphatic carbocycles. The van der Waals surface area contributed by atoms with Gasteiger partial charge < -0.3 is 15.0 Å². The summed E-state index contributed by atoms with van der Waals surface area (Å²) < 4.78 is 5.34.